The van der Waals surface area contributed by atoms with Crippen LogP contribution in [0, 0.1) is 11.6 Å². The second-order valence-electron chi connectivity index (χ2n) is 7.07. The molecule has 0 atom stereocenters. The van der Waals surface area contributed by atoms with Crippen LogP contribution in [0.5, 0.6) is 5.75 Å². The van der Waals surface area contributed by atoms with Crippen molar-refractivity contribution in [3.8, 4) is 5.75 Å². The summed E-state index contributed by atoms with van der Waals surface area (Å²) in [6.07, 6.45) is 3.34. The van der Waals surface area contributed by atoms with Crippen LogP contribution < -0.4 is 10.1 Å². The minimum Gasteiger partial charge on any atom is -0.486 e. The van der Waals surface area contributed by atoms with Crippen molar-refractivity contribution < 1.29 is 18.3 Å². The molecule has 4 rings (SSSR count). The highest BCUT2D eigenvalue weighted by Gasteiger charge is 2.10. The lowest BCUT2D eigenvalue weighted by molar-refractivity contribution is 0.102. The summed E-state index contributed by atoms with van der Waals surface area (Å²) in [5.41, 5.74) is 2.75. The number of ether oxygens (including phenoxy) is 1. The maximum atomic E-state index is 13.7. The number of carbonyl (C=O) groups excluding carboxylic acids is 1. The van der Waals surface area contributed by atoms with Gasteiger partial charge in [0, 0.05) is 22.3 Å². The van der Waals surface area contributed by atoms with E-state index in [4.69, 9.17) is 4.74 Å². The van der Waals surface area contributed by atoms with E-state index in [1.54, 1.807) is 41.3 Å². The summed E-state index contributed by atoms with van der Waals surface area (Å²) in [6, 6.07) is 17.8. The molecule has 5 nitrogen and oxygen atoms in total. The molecule has 1 heterocycles. The number of nitrogens with one attached hydrogen (secondary N) is 1. The summed E-state index contributed by atoms with van der Waals surface area (Å²) in [5.74, 6) is -1.81. The average molecular weight is 498 g/mol. The summed E-state index contributed by atoms with van der Waals surface area (Å²) in [7, 11) is 0. The molecule has 1 amide bonds. The molecule has 0 unspecified atom stereocenters. The van der Waals surface area contributed by atoms with Crippen molar-refractivity contribution in [3.05, 3.63) is 112 Å². The first-order valence-corrected chi connectivity index (χ1v) is 10.5. The van der Waals surface area contributed by atoms with Crippen LogP contribution in [0.25, 0.3) is 0 Å². The molecule has 0 aliphatic rings. The van der Waals surface area contributed by atoms with Crippen LogP contribution in [0.3, 0.4) is 0 Å². The van der Waals surface area contributed by atoms with E-state index in [0.717, 1.165) is 22.2 Å². The third kappa shape index (κ3) is 5.59. The number of halogens is 3. The molecular weight excluding hydrogens is 480 g/mol. The third-order valence-corrected chi connectivity index (χ3v) is 5.16. The van der Waals surface area contributed by atoms with E-state index in [1.165, 1.54) is 6.07 Å². The number of aromatic nitrogens is 2. The first kappa shape index (κ1) is 21.7. The molecule has 0 saturated carbocycles. The minimum absolute atomic E-state index is 0.0365. The molecule has 0 aliphatic heterocycles. The summed E-state index contributed by atoms with van der Waals surface area (Å²) in [5, 5.41) is 7.10. The van der Waals surface area contributed by atoms with E-state index in [-0.39, 0.29) is 18.3 Å². The van der Waals surface area contributed by atoms with Gasteiger partial charge in [-0.25, -0.2) is 8.78 Å². The van der Waals surface area contributed by atoms with E-state index in [2.05, 4.69) is 26.3 Å². The molecule has 8 heteroatoms. The molecule has 0 aliphatic carbocycles. The number of hydrogen-bond donors (Lipinski definition) is 1. The molecule has 162 valence electrons. The fourth-order valence-electron chi connectivity index (χ4n) is 3.05. The zero-order valence-electron chi connectivity index (χ0n) is 16.8. The number of hydrogen-bond acceptors (Lipinski definition) is 3. The average Bonchev–Trinajstić information content (AvgIpc) is 3.21. The van der Waals surface area contributed by atoms with Gasteiger partial charge in [-0.1, -0.05) is 40.2 Å². The zero-order valence-corrected chi connectivity index (χ0v) is 18.4. The maximum Gasteiger partial charge on any atom is 0.255 e. The number of anilines is 1. The Morgan fingerprint density at radius 2 is 1.84 bits per heavy atom. The van der Waals surface area contributed by atoms with E-state index in [9.17, 15) is 13.6 Å². The molecular formula is C24H18BrF2N3O2. The summed E-state index contributed by atoms with van der Waals surface area (Å²) >= 11 is 3.41. The second-order valence-corrected chi connectivity index (χ2v) is 7.99. The number of nitrogens with zero attached hydrogens (tertiary/aromatic N) is 2. The molecule has 1 aromatic heterocycles. The third-order valence-electron chi connectivity index (χ3n) is 4.63. The lowest BCUT2D eigenvalue weighted by Crippen LogP contribution is -2.12. The van der Waals surface area contributed by atoms with Crippen LogP contribution in [0.15, 0.2) is 83.6 Å². The Bertz CT molecular complexity index is 1240. The smallest absolute Gasteiger partial charge is 0.255 e. The molecule has 1 N–H and O–H groups in total. The van der Waals surface area contributed by atoms with Crippen LogP contribution >= 0.6 is 15.9 Å². The quantitative estimate of drug-likeness (QED) is 0.350. The van der Waals surface area contributed by atoms with Crippen LogP contribution in [0.4, 0.5) is 14.5 Å². The molecule has 4 aromatic rings. The van der Waals surface area contributed by atoms with E-state index in [0.29, 0.717) is 23.4 Å². The fraction of sp³-hybridized carbons (Fsp3) is 0.0833. The number of benzene rings is 3. The monoisotopic (exact) mass is 497 g/mol. The summed E-state index contributed by atoms with van der Waals surface area (Å²) in [6.45, 7) is 0.616. The van der Waals surface area contributed by atoms with Gasteiger partial charge in [0.05, 0.1) is 18.4 Å². The van der Waals surface area contributed by atoms with E-state index in [1.807, 2.05) is 24.3 Å². The van der Waals surface area contributed by atoms with Crippen LogP contribution in [-0.2, 0) is 13.2 Å². The van der Waals surface area contributed by atoms with Gasteiger partial charge in [0.25, 0.3) is 5.91 Å². The van der Waals surface area contributed by atoms with Crippen molar-refractivity contribution in [3.63, 3.8) is 0 Å². The van der Waals surface area contributed by atoms with Crippen molar-refractivity contribution >= 4 is 27.5 Å². The van der Waals surface area contributed by atoms with Crippen molar-refractivity contribution in [2.75, 3.05) is 5.32 Å². The van der Waals surface area contributed by atoms with Gasteiger partial charge in [0.2, 0.25) is 0 Å². The van der Waals surface area contributed by atoms with Crippen molar-refractivity contribution in [2.24, 2.45) is 0 Å². The fourth-order valence-corrected chi connectivity index (χ4v) is 3.31. The summed E-state index contributed by atoms with van der Waals surface area (Å²) < 4.78 is 34.9. The van der Waals surface area contributed by atoms with Gasteiger partial charge in [-0.3, -0.25) is 9.48 Å². The predicted molar refractivity (Wildman–Crippen MR) is 121 cm³/mol. The van der Waals surface area contributed by atoms with Crippen LogP contribution in [0.1, 0.15) is 21.5 Å². The molecule has 0 bridgehead atoms. The highest BCUT2D eigenvalue weighted by Crippen LogP contribution is 2.20. The summed E-state index contributed by atoms with van der Waals surface area (Å²) in [4.78, 5) is 12.6. The van der Waals surface area contributed by atoms with Gasteiger partial charge >= 0.3 is 0 Å². The Balaban J connectivity index is 1.37. The number of rotatable bonds is 7. The standard InChI is InChI=1S/C24H18BrF2N3O2/c25-19-6-4-16(5-7-19)13-30-14-21(12-28-30)29-24(31)18-3-1-2-17(10-18)15-32-23-9-8-20(26)11-22(23)27/h1-12,14H,13,15H2,(H,29,31). The number of carbonyl (C=O) groups is 1. The Hall–Kier alpha value is -3.52. The van der Waals surface area contributed by atoms with Gasteiger partial charge in [-0.15, -0.1) is 0 Å². The Morgan fingerprint density at radius 1 is 1.03 bits per heavy atom. The normalized spacial score (nSPS) is 10.7. The highest BCUT2D eigenvalue weighted by atomic mass is 79.9. The Kier molecular flexibility index (Phi) is 6.61. The predicted octanol–water partition coefficient (Wildman–Crippen LogP) is 5.80. The lowest BCUT2D eigenvalue weighted by atomic mass is 10.1. The van der Waals surface area contributed by atoms with E-state index < -0.39 is 11.6 Å². The molecule has 0 fully saturated rings. The SMILES string of the molecule is O=C(Nc1cnn(Cc2ccc(Br)cc2)c1)c1cccc(COc2ccc(F)cc2F)c1. The topological polar surface area (TPSA) is 56.2 Å². The van der Waals surface area contributed by atoms with Gasteiger partial charge < -0.3 is 10.1 Å². The van der Waals surface area contributed by atoms with Crippen LogP contribution in [0.2, 0.25) is 0 Å². The molecule has 0 saturated heterocycles. The van der Waals surface area contributed by atoms with Crippen molar-refractivity contribution in [2.45, 2.75) is 13.2 Å². The van der Waals surface area contributed by atoms with Crippen molar-refractivity contribution in [1.29, 1.82) is 0 Å². The largest absolute Gasteiger partial charge is 0.486 e. The maximum absolute atomic E-state index is 13.7. The van der Waals surface area contributed by atoms with Gasteiger partial charge in [-0.2, -0.15) is 5.10 Å². The molecule has 0 radical (unpaired) electrons. The minimum atomic E-state index is -0.779. The lowest BCUT2D eigenvalue weighted by Gasteiger charge is -2.09. The molecule has 0 spiro atoms. The van der Waals surface area contributed by atoms with E-state index >= 15 is 0 Å². The molecule has 32 heavy (non-hydrogen) atoms. The first-order chi connectivity index (χ1) is 15.5. The Labute approximate surface area is 191 Å². The van der Waals surface area contributed by atoms with Gasteiger partial charge in [0.1, 0.15) is 12.4 Å². The van der Waals surface area contributed by atoms with Crippen molar-refractivity contribution in [1.82, 2.24) is 9.78 Å². The molecule has 3 aromatic carbocycles. The first-order valence-electron chi connectivity index (χ1n) is 9.71. The number of amides is 1. The Morgan fingerprint density at radius 3 is 2.62 bits per heavy atom. The van der Waals surface area contributed by atoms with Gasteiger partial charge in [0.15, 0.2) is 11.6 Å². The second kappa shape index (κ2) is 9.74. The van der Waals surface area contributed by atoms with Crippen LogP contribution in [-0.4, -0.2) is 15.7 Å². The highest BCUT2D eigenvalue weighted by molar-refractivity contribution is 9.10. The van der Waals surface area contributed by atoms with Gasteiger partial charge in [-0.05, 0) is 47.5 Å². The zero-order chi connectivity index (χ0) is 22.5.